The van der Waals surface area contributed by atoms with Crippen LogP contribution in [0.1, 0.15) is 120 Å². The lowest BCUT2D eigenvalue weighted by Gasteiger charge is -2.53. The van der Waals surface area contributed by atoms with Gasteiger partial charge in [0.15, 0.2) is 0 Å². The fourth-order valence-electron chi connectivity index (χ4n) is 8.75. The van der Waals surface area contributed by atoms with Gasteiger partial charge in [0, 0.05) is 13.5 Å². The molecule has 0 heterocycles. The number of rotatable bonds is 14. The first-order valence-corrected chi connectivity index (χ1v) is 16.3. The van der Waals surface area contributed by atoms with Crippen molar-refractivity contribution < 1.29 is 35.5 Å². The van der Waals surface area contributed by atoms with Gasteiger partial charge in [-0.1, -0.05) is 82.6 Å². The summed E-state index contributed by atoms with van der Waals surface area (Å²) in [6.45, 7) is 0.578. The number of hydrogen-bond donors (Lipinski definition) is 0. The van der Waals surface area contributed by atoms with Gasteiger partial charge < -0.3 is 4.90 Å². The number of amides is 1. The minimum Gasteiger partial charge on any atom is -0.339 e. The summed E-state index contributed by atoms with van der Waals surface area (Å²) in [7, 11) is 0.829. The van der Waals surface area contributed by atoms with Gasteiger partial charge in [-0.05, 0) is 85.2 Å². The summed E-state index contributed by atoms with van der Waals surface area (Å²) < 4.78 is 90.3. The minimum absolute atomic E-state index is 0.156. The zero-order chi connectivity index (χ0) is 31.5. The Morgan fingerprint density at radius 2 is 1.53 bits per heavy atom. The average Bonchev–Trinajstić information content (AvgIpc) is 3.33. The zero-order valence-electron chi connectivity index (χ0n) is 25.6. The standard InChI is InChI=1S/C34H48F7NO/c1-31-21-13-17-28(31)27-20-19-24-14-11-12-16-26(24)30(27)25(22-31)15-9-7-5-3-4-6-8-10-18-29(43)42(2)23-32(35,36)33(37,38)34(39,40)41/h11-12,14,16,25,27-28,30H,3-10,13,15,17-23H2,1-2H3/t25-,27-,28-,30+,31-/m0/s1. The molecule has 2 nitrogen and oxygen atoms in total. The van der Waals surface area contributed by atoms with Crippen molar-refractivity contribution in [2.45, 2.75) is 134 Å². The maximum Gasteiger partial charge on any atom is 0.459 e. The lowest BCUT2D eigenvalue weighted by Crippen LogP contribution is -2.57. The molecule has 0 aromatic heterocycles. The molecule has 0 N–H and O–H groups in total. The van der Waals surface area contributed by atoms with Crippen molar-refractivity contribution in [3.8, 4) is 0 Å². The zero-order valence-corrected chi connectivity index (χ0v) is 25.6. The maximum absolute atomic E-state index is 13.6. The number of carbonyl (C=O) groups is 1. The Kier molecular flexibility index (Phi) is 10.8. The van der Waals surface area contributed by atoms with Gasteiger partial charge in [0.25, 0.3) is 0 Å². The first kappa shape index (κ1) is 34.1. The number of alkyl halides is 7. The van der Waals surface area contributed by atoms with E-state index in [-0.39, 0.29) is 11.3 Å². The normalized spacial score (nSPS) is 27.4. The summed E-state index contributed by atoms with van der Waals surface area (Å²) in [5, 5.41) is 0. The minimum atomic E-state index is -6.39. The van der Waals surface area contributed by atoms with E-state index in [9.17, 15) is 35.5 Å². The molecule has 3 aliphatic carbocycles. The molecule has 0 radical (unpaired) electrons. The van der Waals surface area contributed by atoms with Crippen molar-refractivity contribution in [2.24, 2.45) is 23.2 Å². The summed E-state index contributed by atoms with van der Waals surface area (Å²) in [6.07, 6.45) is 10.3. The SMILES string of the molecule is CN(CC(F)(F)C(F)(F)C(F)(F)F)C(=O)CCCCCCCCCC[C@H]1C[C@]2(C)CCC[C@H]2[C@@H]2CCc3ccccc3[C@@H]12. The van der Waals surface area contributed by atoms with Crippen LogP contribution in [0.15, 0.2) is 24.3 Å². The molecule has 5 atom stereocenters. The van der Waals surface area contributed by atoms with Gasteiger partial charge in [-0.3, -0.25) is 4.79 Å². The van der Waals surface area contributed by atoms with Crippen LogP contribution in [0, 0.1) is 23.2 Å². The molecule has 1 aromatic rings. The average molecular weight is 620 g/mol. The quantitative estimate of drug-likeness (QED) is 0.150. The van der Waals surface area contributed by atoms with E-state index in [0.29, 0.717) is 24.2 Å². The monoisotopic (exact) mass is 619 g/mol. The lowest BCUT2D eigenvalue weighted by molar-refractivity contribution is -0.355. The number of benzene rings is 1. The maximum atomic E-state index is 13.6. The Balaban J connectivity index is 1.12. The van der Waals surface area contributed by atoms with Crippen LogP contribution in [-0.4, -0.2) is 42.4 Å². The van der Waals surface area contributed by atoms with Gasteiger partial charge in [-0.15, -0.1) is 0 Å². The molecular formula is C34H48F7NO. The fraction of sp³-hybridized carbons (Fsp3) is 0.794. The Labute approximate surface area is 252 Å². The van der Waals surface area contributed by atoms with E-state index in [1.807, 2.05) is 0 Å². The molecule has 0 aliphatic heterocycles. The third-order valence-electron chi connectivity index (χ3n) is 10.9. The van der Waals surface area contributed by atoms with E-state index >= 15 is 0 Å². The van der Waals surface area contributed by atoms with Crippen LogP contribution in [0.5, 0.6) is 0 Å². The van der Waals surface area contributed by atoms with Gasteiger partial charge in [0.1, 0.15) is 0 Å². The van der Waals surface area contributed by atoms with Crippen molar-refractivity contribution in [1.82, 2.24) is 4.90 Å². The molecule has 43 heavy (non-hydrogen) atoms. The van der Waals surface area contributed by atoms with E-state index in [2.05, 4.69) is 31.2 Å². The van der Waals surface area contributed by atoms with Crippen LogP contribution in [0.2, 0.25) is 0 Å². The molecule has 0 bridgehead atoms. The lowest BCUT2D eigenvalue weighted by atomic mass is 9.51. The van der Waals surface area contributed by atoms with Crippen LogP contribution < -0.4 is 0 Å². The predicted molar refractivity (Wildman–Crippen MR) is 154 cm³/mol. The Morgan fingerprint density at radius 1 is 0.907 bits per heavy atom. The summed E-state index contributed by atoms with van der Waals surface area (Å²) in [5.74, 6) is -9.31. The largest absolute Gasteiger partial charge is 0.459 e. The summed E-state index contributed by atoms with van der Waals surface area (Å²) in [5.41, 5.74) is 3.68. The van der Waals surface area contributed by atoms with Crippen molar-refractivity contribution >= 4 is 5.91 Å². The Hall–Kier alpha value is -1.80. The van der Waals surface area contributed by atoms with Crippen LogP contribution in [0.4, 0.5) is 30.7 Å². The van der Waals surface area contributed by atoms with E-state index < -0.39 is 30.5 Å². The van der Waals surface area contributed by atoms with E-state index in [0.717, 1.165) is 50.5 Å². The second-order valence-electron chi connectivity index (χ2n) is 13.9. The first-order valence-electron chi connectivity index (χ1n) is 16.3. The van der Waals surface area contributed by atoms with E-state index in [4.69, 9.17) is 0 Å². The van der Waals surface area contributed by atoms with Gasteiger partial charge in [0.05, 0.1) is 6.54 Å². The molecule has 2 saturated carbocycles. The van der Waals surface area contributed by atoms with Crippen molar-refractivity contribution in [3.63, 3.8) is 0 Å². The molecule has 3 aliphatic rings. The molecule has 2 fully saturated rings. The molecule has 1 amide bonds. The second-order valence-corrected chi connectivity index (χ2v) is 13.9. The second kappa shape index (κ2) is 13.7. The van der Waals surface area contributed by atoms with Crippen molar-refractivity contribution in [3.05, 3.63) is 35.4 Å². The number of hydrogen-bond acceptors (Lipinski definition) is 1. The third kappa shape index (κ3) is 7.54. The molecule has 0 saturated heterocycles. The van der Waals surface area contributed by atoms with Crippen LogP contribution in [-0.2, 0) is 11.2 Å². The smallest absolute Gasteiger partial charge is 0.339 e. The van der Waals surface area contributed by atoms with E-state index in [1.165, 1.54) is 57.8 Å². The highest BCUT2D eigenvalue weighted by atomic mass is 19.4. The van der Waals surface area contributed by atoms with Crippen LogP contribution in [0.3, 0.4) is 0 Å². The summed E-state index contributed by atoms with van der Waals surface area (Å²) in [6, 6.07) is 9.12. The Bertz CT molecular complexity index is 1070. The number of fused-ring (bicyclic) bond motifs is 5. The van der Waals surface area contributed by atoms with Crippen LogP contribution in [0.25, 0.3) is 0 Å². The topological polar surface area (TPSA) is 20.3 Å². The number of carbonyl (C=O) groups excluding carboxylic acids is 1. The number of halogens is 7. The highest BCUT2D eigenvalue weighted by molar-refractivity contribution is 5.75. The number of aryl methyl sites for hydroxylation is 1. The van der Waals surface area contributed by atoms with Crippen LogP contribution >= 0.6 is 0 Å². The molecule has 0 unspecified atom stereocenters. The third-order valence-corrected chi connectivity index (χ3v) is 10.9. The van der Waals surface area contributed by atoms with Gasteiger partial charge in [0.2, 0.25) is 5.91 Å². The molecule has 244 valence electrons. The van der Waals surface area contributed by atoms with Crippen molar-refractivity contribution in [2.75, 3.05) is 13.6 Å². The number of unbranched alkanes of at least 4 members (excludes halogenated alkanes) is 7. The summed E-state index contributed by atoms with van der Waals surface area (Å²) >= 11 is 0. The molecule has 9 heteroatoms. The molecule has 1 aromatic carbocycles. The molecule has 0 spiro atoms. The van der Waals surface area contributed by atoms with Crippen molar-refractivity contribution in [1.29, 1.82) is 0 Å². The first-order chi connectivity index (χ1) is 20.2. The van der Waals surface area contributed by atoms with Gasteiger partial charge in [-0.2, -0.15) is 30.7 Å². The van der Waals surface area contributed by atoms with Gasteiger partial charge >= 0.3 is 18.0 Å². The Morgan fingerprint density at radius 3 is 2.21 bits per heavy atom. The number of nitrogens with zero attached hydrogens (tertiary/aromatic N) is 1. The summed E-state index contributed by atoms with van der Waals surface area (Å²) in [4.78, 5) is 12.3. The highest BCUT2D eigenvalue weighted by Gasteiger charge is 2.73. The molecular weight excluding hydrogens is 571 g/mol. The fourth-order valence-corrected chi connectivity index (χ4v) is 8.75. The van der Waals surface area contributed by atoms with Gasteiger partial charge in [-0.25, -0.2) is 0 Å². The molecule has 4 rings (SSSR count). The van der Waals surface area contributed by atoms with E-state index in [1.54, 1.807) is 11.1 Å². The highest BCUT2D eigenvalue weighted by Crippen LogP contribution is 2.63. The predicted octanol–water partition coefficient (Wildman–Crippen LogP) is 10.4.